The molecule has 0 unspecified atom stereocenters. The third kappa shape index (κ3) is 17.7. The molecule has 0 amide bonds. The van der Waals surface area contributed by atoms with Crippen LogP contribution in [0.25, 0.3) is 0 Å². The second-order valence-corrected chi connectivity index (χ2v) is 2.01. The third-order valence-electron chi connectivity index (χ3n) is 1.06. The topological polar surface area (TPSA) is 9.23 Å². The predicted octanol–water partition coefficient (Wildman–Crippen LogP) is 2.75. The van der Waals surface area contributed by atoms with Crippen LogP contribution >= 0.6 is 0 Å². The van der Waals surface area contributed by atoms with E-state index in [4.69, 9.17) is 4.74 Å². The molecule has 11 heavy (non-hydrogen) atoms. The number of hydrogen-bond donors (Lipinski definition) is 0. The lowest BCUT2D eigenvalue weighted by Gasteiger charge is -1.98. The van der Waals surface area contributed by atoms with E-state index in [9.17, 15) is 8.78 Å². The molecule has 0 radical (unpaired) electrons. The van der Waals surface area contributed by atoms with Crippen LogP contribution in [0, 0.1) is 0 Å². The summed E-state index contributed by atoms with van der Waals surface area (Å²) in [5.41, 5.74) is 0. The molecule has 0 atom stereocenters. The summed E-state index contributed by atoms with van der Waals surface area (Å²) in [4.78, 5) is 0. The van der Waals surface area contributed by atoms with Crippen molar-refractivity contribution in [3.8, 4) is 0 Å². The molecule has 0 saturated carbocycles. The van der Waals surface area contributed by atoms with E-state index in [1.165, 1.54) is 0 Å². The van der Waals surface area contributed by atoms with E-state index in [0.717, 1.165) is 19.4 Å². The molecule has 0 aromatic carbocycles. The van der Waals surface area contributed by atoms with Gasteiger partial charge in [-0.15, -0.1) is 0 Å². The fourth-order valence-electron chi connectivity index (χ4n) is 0.505. The number of unbranched alkanes of at least 4 members (excludes halogenated alkanes) is 1. The summed E-state index contributed by atoms with van der Waals surface area (Å²) >= 11 is 0. The maximum atomic E-state index is 11.4. The van der Waals surface area contributed by atoms with Crippen LogP contribution in [-0.4, -0.2) is 27.1 Å². The largest absolute Gasteiger partial charge is 0.381 e. The minimum absolute atomic E-state index is 0.258. The van der Waals surface area contributed by atoms with Gasteiger partial charge in [-0.1, -0.05) is 13.3 Å². The number of alkyl halides is 2. The van der Waals surface area contributed by atoms with Crippen LogP contribution in [0.4, 0.5) is 8.78 Å². The molecule has 1 nitrogen and oxygen atoms in total. The average molecular weight is 168 g/mol. The van der Waals surface area contributed by atoms with E-state index in [1.54, 1.807) is 0 Å². The Morgan fingerprint density at radius 3 is 2.09 bits per heavy atom. The van der Waals surface area contributed by atoms with E-state index >= 15 is 0 Å². The van der Waals surface area contributed by atoms with Gasteiger partial charge in [-0.05, 0) is 12.8 Å². The van der Waals surface area contributed by atoms with Crippen molar-refractivity contribution >= 4 is 0 Å². The van der Waals surface area contributed by atoms with Crippen molar-refractivity contribution in [1.82, 2.24) is 0 Å². The molecule has 0 aliphatic heterocycles. The molecule has 0 fully saturated rings. The molecule has 0 aliphatic rings. The Hall–Kier alpha value is -0.180. The number of ether oxygens (including phenoxy) is 1. The summed E-state index contributed by atoms with van der Waals surface area (Å²) in [6, 6.07) is 0. The minimum atomic E-state index is -0.258. The van der Waals surface area contributed by atoms with Crippen molar-refractivity contribution < 1.29 is 13.5 Å². The highest BCUT2D eigenvalue weighted by Crippen LogP contribution is 1.89. The average Bonchev–Trinajstić information content (AvgIpc) is 2.08. The van der Waals surface area contributed by atoms with E-state index in [-0.39, 0.29) is 6.67 Å². The number of hydrogen-bond acceptors (Lipinski definition) is 1. The summed E-state index contributed by atoms with van der Waals surface area (Å²) in [6.07, 6.45) is 2.78. The molecule has 3 heteroatoms. The van der Waals surface area contributed by atoms with Gasteiger partial charge in [0.05, 0.1) is 13.9 Å². The van der Waals surface area contributed by atoms with Crippen molar-refractivity contribution in [2.45, 2.75) is 26.2 Å². The molecular weight excluding hydrogens is 150 g/mol. The summed E-state index contributed by atoms with van der Waals surface area (Å²) in [5.74, 6) is 0. The molecular formula is C8H18F2O. The van der Waals surface area contributed by atoms with Crippen LogP contribution in [0.5, 0.6) is 0 Å². The van der Waals surface area contributed by atoms with Gasteiger partial charge < -0.3 is 4.74 Å². The van der Waals surface area contributed by atoms with Gasteiger partial charge in [0.1, 0.15) is 0 Å². The van der Waals surface area contributed by atoms with Crippen molar-refractivity contribution in [3.05, 3.63) is 0 Å². The molecule has 0 rings (SSSR count). The minimum Gasteiger partial charge on any atom is -0.381 e. The Morgan fingerprint density at radius 2 is 1.64 bits per heavy atom. The Morgan fingerprint density at radius 1 is 1.09 bits per heavy atom. The molecule has 0 aromatic rings. The van der Waals surface area contributed by atoms with E-state index in [1.807, 2.05) is 0 Å². The van der Waals surface area contributed by atoms with Gasteiger partial charge in [0, 0.05) is 13.2 Å². The van der Waals surface area contributed by atoms with Gasteiger partial charge in [-0.3, -0.25) is 8.78 Å². The number of rotatable bonds is 6. The van der Waals surface area contributed by atoms with Gasteiger partial charge in [-0.25, -0.2) is 0 Å². The van der Waals surface area contributed by atoms with E-state index < -0.39 is 0 Å². The smallest absolute Gasteiger partial charge is 0.0916 e. The lowest BCUT2D eigenvalue weighted by molar-refractivity contribution is 0.124. The standard InChI is InChI=1S/C7H15FO.CH3F/c1-2-3-6-9-7-4-5-8;1-2/h2-7H2,1H3;1H3. The normalized spacial score (nSPS) is 8.73. The Kier molecular flexibility index (Phi) is 20.0. The zero-order valence-electron chi connectivity index (χ0n) is 7.41. The fraction of sp³-hybridized carbons (Fsp3) is 1.00. The molecule has 0 N–H and O–H groups in total. The highest BCUT2D eigenvalue weighted by atomic mass is 19.1. The first-order valence-electron chi connectivity index (χ1n) is 3.93. The summed E-state index contributed by atoms with van der Waals surface area (Å²) < 4.78 is 26.0. The molecule has 0 spiro atoms. The third-order valence-corrected chi connectivity index (χ3v) is 1.06. The molecule has 0 heterocycles. The van der Waals surface area contributed by atoms with Crippen molar-refractivity contribution in [2.24, 2.45) is 0 Å². The highest BCUT2D eigenvalue weighted by molar-refractivity contribution is 4.34. The molecule has 0 aliphatic carbocycles. The maximum Gasteiger partial charge on any atom is 0.0916 e. The van der Waals surface area contributed by atoms with Gasteiger partial charge in [0.15, 0.2) is 0 Å². The fourth-order valence-corrected chi connectivity index (χ4v) is 0.505. The Bertz CT molecular complexity index is 45.4. The summed E-state index contributed by atoms with van der Waals surface area (Å²) in [6.45, 7) is 3.22. The van der Waals surface area contributed by atoms with Crippen LogP contribution in [0.3, 0.4) is 0 Å². The Labute approximate surface area is 67.7 Å². The van der Waals surface area contributed by atoms with Crippen LogP contribution < -0.4 is 0 Å². The lowest BCUT2D eigenvalue weighted by Crippen LogP contribution is -1.96. The van der Waals surface area contributed by atoms with Crippen molar-refractivity contribution in [2.75, 3.05) is 27.1 Å². The molecule has 0 bridgehead atoms. The van der Waals surface area contributed by atoms with Gasteiger partial charge in [0.2, 0.25) is 0 Å². The van der Waals surface area contributed by atoms with Gasteiger partial charge >= 0.3 is 0 Å². The summed E-state index contributed by atoms with van der Waals surface area (Å²) in [5, 5.41) is 0. The SMILES string of the molecule is CCCCOCCCF.CF. The van der Waals surface area contributed by atoms with Gasteiger partial charge in [0.25, 0.3) is 0 Å². The monoisotopic (exact) mass is 168 g/mol. The number of halogens is 2. The van der Waals surface area contributed by atoms with Crippen LogP contribution in [0.1, 0.15) is 26.2 Å². The molecule has 70 valence electrons. The van der Waals surface area contributed by atoms with Crippen molar-refractivity contribution in [3.63, 3.8) is 0 Å². The van der Waals surface area contributed by atoms with E-state index in [2.05, 4.69) is 6.92 Å². The van der Waals surface area contributed by atoms with Crippen molar-refractivity contribution in [1.29, 1.82) is 0 Å². The second-order valence-electron chi connectivity index (χ2n) is 2.01. The lowest BCUT2D eigenvalue weighted by atomic mass is 10.4. The van der Waals surface area contributed by atoms with Gasteiger partial charge in [-0.2, -0.15) is 0 Å². The molecule has 0 aromatic heterocycles. The Balaban J connectivity index is 0. The van der Waals surface area contributed by atoms with Crippen LogP contribution in [0.2, 0.25) is 0 Å². The van der Waals surface area contributed by atoms with E-state index in [0.29, 0.717) is 20.2 Å². The van der Waals surface area contributed by atoms with Crippen LogP contribution in [0.15, 0.2) is 0 Å². The quantitative estimate of drug-likeness (QED) is 0.554. The summed E-state index contributed by atoms with van der Waals surface area (Å²) in [7, 11) is 0.500. The highest BCUT2D eigenvalue weighted by Gasteiger charge is 1.85. The second kappa shape index (κ2) is 16.4. The van der Waals surface area contributed by atoms with Crippen LogP contribution in [-0.2, 0) is 4.74 Å². The first kappa shape index (κ1) is 13.4. The first-order chi connectivity index (χ1) is 5.41. The zero-order chi connectivity index (χ0) is 8.95. The predicted molar refractivity (Wildman–Crippen MR) is 43.4 cm³/mol. The molecule has 0 saturated heterocycles. The zero-order valence-corrected chi connectivity index (χ0v) is 7.41. The first-order valence-corrected chi connectivity index (χ1v) is 3.93. The maximum absolute atomic E-state index is 11.4.